The predicted molar refractivity (Wildman–Crippen MR) is 103 cm³/mol. The first-order valence-electron chi connectivity index (χ1n) is 8.07. The summed E-state index contributed by atoms with van der Waals surface area (Å²) >= 11 is 3.42. The summed E-state index contributed by atoms with van der Waals surface area (Å²) in [6.45, 7) is 2.00. The molecule has 0 saturated heterocycles. The van der Waals surface area contributed by atoms with Crippen molar-refractivity contribution in [3.8, 4) is 11.4 Å². The molecule has 0 radical (unpaired) electrons. The predicted octanol–water partition coefficient (Wildman–Crippen LogP) is 3.87. The van der Waals surface area contributed by atoms with Crippen LogP contribution in [0.3, 0.4) is 0 Å². The van der Waals surface area contributed by atoms with Gasteiger partial charge in [-0.05, 0) is 58.7 Å². The normalized spacial score (nSPS) is 11.8. The molecule has 1 aromatic heterocycles. The number of carbonyl (C=O) groups is 1. The van der Waals surface area contributed by atoms with Crippen LogP contribution in [-0.2, 0) is 0 Å². The second-order valence-corrected chi connectivity index (χ2v) is 6.73. The molecule has 7 heteroatoms. The van der Waals surface area contributed by atoms with Gasteiger partial charge in [-0.25, -0.2) is 9.67 Å². The maximum Gasteiger partial charge on any atom is 0.254 e. The Hall–Kier alpha value is -2.67. The van der Waals surface area contributed by atoms with E-state index in [-0.39, 0.29) is 11.9 Å². The molecule has 0 N–H and O–H groups in total. The van der Waals surface area contributed by atoms with Crippen molar-refractivity contribution in [2.75, 3.05) is 14.2 Å². The van der Waals surface area contributed by atoms with E-state index in [2.05, 4.69) is 26.0 Å². The van der Waals surface area contributed by atoms with Crippen molar-refractivity contribution in [1.29, 1.82) is 0 Å². The van der Waals surface area contributed by atoms with Crippen LogP contribution in [0.1, 0.15) is 28.9 Å². The maximum absolute atomic E-state index is 12.8. The fraction of sp³-hybridized carbons (Fsp3) is 0.211. The van der Waals surface area contributed by atoms with E-state index in [0.29, 0.717) is 11.3 Å². The van der Waals surface area contributed by atoms with E-state index >= 15 is 0 Å². The van der Waals surface area contributed by atoms with E-state index in [1.165, 1.54) is 6.33 Å². The Bertz CT molecular complexity index is 894. The summed E-state index contributed by atoms with van der Waals surface area (Å²) in [5.74, 6) is 0.641. The molecule has 2 aromatic carbocycles. The van der Waals surface area contributed by atoms with Gasteiger partial charge in [0.1, 0.15) is 18.4 Å². The number of hydrogen-bond acceptors (Lipinski definition) is 4. The number of aromatic nitrogens is 3. The van der Waals surface area contributed by atoms with Crippen molar-refractivity contribution in [3.63, 3.8) is 0 Å². The standard InChI is InChI=1S/C19H19BrN4O2/c1-13(14-4-7-16(8-5-14)24-12-21-11-22-24)23(2)19(25)15-6-9-18(26-3)17(20)10-15/h4-13H,1-3H3. The monoisotopic (exact) mass is 414 g/mol. The average Bonchev–Trinajstić information content (AvgIpc) is 3.21. The summed E-state index contributed by atoms with van der Waals surface area (Å²) in [5, 5.41) is 4.11. The lowest BCUT2D eigenvalue weighted by Gasteiger charge is -2.26. The van der Waals surface area contributed by atoms with Crippen LogP contribution in [0.25, 0.3) is 5.69 Å². The Kier molecular flexibility index (Phi) is 5.37. The quantitative estimate of drug-likeness (QED) is 0.635. The third-order valence-corrected chi connectivity index (χ3v) is 4.98. The Morgan fingerprint density at radius 1 is 1.23 bits per heavy atom. The summed E-state index contributed by atoms with van der Waals surface area (Å²) < 4.78 is 7.66. The van der Waals surface area contributed by atoms with Gasteiger partial charge < -0.3 is 9.64 Å². The molecule has 134 valence electrons. The van der Waals surface area contributed by atoms with Gasteiger partial charge in [0.25, 0.3) is 5.91 Å². The first-order chi connectivity index (χ1) is 12.5. The molecule has 3 aromatic rings. The molecule has 3 rings (SSSR count). The first kappa shape index (κ1) is 18.1. The third kappa shape index (κ3) is 3.62. The molecule has 0 aliphatic carbocycles. The first-order valence-corrected chi connectivity index (χ1v) is 8.86. The highest BCUT2D eigenvalue weighted by Gasteiger charge is 2.20. The van der Waals surface area contributed by atoms with E-state index < -0.39 is 0 Å². The van der Waals surface area contributed by atoms with Crippen molar-refractivity contribution in [2.45, 2.75) is 13.0 Å². The number of ether oxygens (including phenoxy) is 1. The summed E-state index contributed by atoms with van der Waals surface area (Å²) in [5.41, 5.74) is 2.56. The number of amides is 1. The van der Waals surface area contributed by atoms with Crippen LogP contribution in [0, 0.1) is 0 Å². The Morgan fingerprint density at radius 3 is 2.54 bits per heavy atom. The van der Waals surface area contributed by atoms with Gasteiger partial charge in [0, 0.05) is 12.6 Å². The van der Waals surface area contributed by atoms with E-state index in [1.54, 1.807) is 48.3 Å². The largest absolute Gasteiger partial charge is 0.496 e. The van der Waals surface area contributed by atoms with E-state index in [9.17, 15) is 4.79 Å². The Balaban J connectivity index is 1.77. The molecular formula is C19H19BrN4O2. The van der Waals surface area contributed by atoms with Gasteiger partial charge in [-0.15, -0.1) is 0 Å². The molecule has 6 nitrogen and oxygen atoms in total. The SMILES string of the molecule is COc1ccc(C(=O)N(C)C(C)c2ccc(-n3cncn3)cc2)cc1Br. The van der Waals surface area contributed by atoms with Crippen LogP contribution in [0.15, 0.2) is 59.6 Å². The zero-order chi connectivity index (χ0) is 18.7. The highest BCUT2D eigenvalue weighted by atomic mass is 79.9. The van der Waals surface area contributed by atoms with Crippen LogP contribution in [0.2, 0.25) is 0 Å². The summed E-state index contributed by atoms with van der Waals surface area (Å²) in [6.07, 6.45) is 3.14. The molecule has 1 heterocycles. The topological polar surface area (TPSA) is 60.2 Å². The Morgan fingerprint density at radius 2 is 1.96 bits per heavy atom. The third-order valence-electron chi connectivity index (χ3n) is 4.36. The average molecular weight is 415 g/mol. The summed E-state index contributed by atoms with van der Waals surface area (Å²) in [4.78, 5) is 18.5. The number of methoxy groups -OCH3 is 1. The molecule has 0 fully saturated rings. The van der Waals surface area contributed by atoms with Crippen LogP contribution in [0.4, 0.5) is 0 Å². The Labute approximate surface area is 160 Å². The van der Waals surface area contributed by atoms with Crippen molar-refractivity contribution in [3.05, 3.63) is 70.7 Å². The van der Waals surface area contributed by atoms with Crippen molar-refractivity contribution >= 4 is 21.8 Å². The van der Waals surface area contributed by atoms with Gasteiger partial charge in [0.2, 0.25) is 0 Å². The summed E-state index contributed by atoms with van der Waals surface area (Å²) in [6, 6.07) is 13.2. The zero-order valence-electron chi connectivity index (χ0n) is 14.8. The molecule has 0 aliphatic rings. The second-order valence-electron chi connectivity index (χ2n) is 5.87. The van der Waals surface area contributed by atoms with Gasteiger partial charge >= 0.3 is 0 Å². The highest BCUT2D eigenvalue weighted by molar-refractivity contribution is 9.10. The minimum absolute atomic E-state index is 0.0544. The highest BCUT2D eigenvalue weighted by Crippen LogP contribution is 2.27. The molecule has 0 saturated carbocycles. The maximum atomic E-state index is 12.8. The fourth-order valence-corrected chi connectivity index (χ4v) is 3.19. The van der Waals surface area contributed by atoms with E-state index in [1.807, 2.05) is 31.2 Å². The van der Waals surface area contributed by atoms with E-state index in [4.69, 9.17) is 4.74 Å². The van der Waals surface area contributed by atoms with Crippen molar-refractivity contribution in [2.24, 2.45) is 0 Å². The number of benzene rings is 2. The summed E-state index contributed by atoms with van der Waals surface area (Å²) in [7, 11) is 3.40. The minimum atomic E-state index is -0.0758. The minimum Gasteiger partial charge on any atom is -0.496 e. The van der Waals surface area contributed by atoms with Crippen LogP contribution in [0.5, 0.6) is 5.75 Å². The van der Waals surface area contributed by atoms with Gasteiger partial charge in [-0.1, -0.05) is 12.1 Å². The lowest BCUT2D eigenvalue weighted by Crippen LogP contribution is -2.29. The van der Waals surface area contributed by atoms with Gasteiger partial charge in [0.15, 0.2) is 0 Å². The number of rotatable bonds is 5. The smallest absolute Gasteiger partial charge is 0.254 e. The molecule has 0 bridgehead atoms. The fourth-order valence-electron chi connectivity index (χ4n) is 2.65. The molecule has 0 aliphatic heterocycles. The van der Waals surface area contributed by atoms with Gasteiger partial charge in [-0.2, -0.15) is 5.10 Å². The van der Waals surface area contributed by atoms with Gasteiger partial charge in [0.05, 0.1) is 23.3 Å². The molecule has 26 heavy (non-hydrogen) atoms. The molecule has 1 atom stereocenters. The van der Waals surface area contributed by atoms with Crippen molar-refractivity contribution in [1.82, 2.24) is 19.7 Å². The molecule has 1 unspecified atom stereocenters. The lowest BCUT2D eigenvalue weighted by molar-refractivity contribution is 0.0742. The lowest BCUT2D eigenvalue weighted by atomic mass is 10.1. The number of halogens is 1. The number of hydrogen-bond donors (Lipinski definition) is 0. The second kappa shape index (κ2) is 7.70. The van der Waals surface area contributed by atoms with E-state index in [0.717, 1.165) is 15.7 Å². The molecule has 0 spiro atoms. The van der Waals surface area contributed by atoms with Crippen molar-refractivity contribution < 1.29 is 9.53 Å². The van der Waals surface area contributed by atoms with Crippen LogP contribution in [-0.4, -0.2) is 39.7 Å². The zero-order valence-corrected chi connectivity index (χ0v) is 16.3. The molecule has 1 amide bonds. The number of nitrogens with zero attached hydrogens (tertiary/aromatic N) is 4. The number of carbonyl (C=O) groups excluding carboxylic acids is 1. The van der Waals surface area contributed by atoms with Crippen LogP contribution < -0.4 is 4.74 Å². The van der Waals surface area contributed by atoms with Crippen LogP contribution >= 0.6 is 15.9 Å². The van der Waals surface area contributed by atoms with Gasteiger partial charge in [-0.3, -0.25) is 4.79 Å². The molecular weight excluding hydrogens is 396 g/mol.